The number of carbonyl (C=O) groups is 1. The number of methoxy groups -OCH3 is 1. The predicted octanol–water partition coefficient (Wildman–Crippen LogP) is 1.70. The van der Waals surface area contributed by atoms with E-state index in [1.54, 1.807) is 6.07 Å². The maximum atomic E-state index is 11.3. The van der Waals surface area contributed by atoms with E-state index < -0.39 is 0 Å². The molecule has 1 unspecified atom stereocenters. The lowest BCUT2D eigenvalue weighted by Gasteiger charge is -2.25. The Balaban J connectivity index is 2.23. The monoisotopic (exact) mass is 221 g/mol. The first kappa shape index (κ1) is 10.8. The molecule has 1 aromatic carbocycles. The third-order valence-corrected chi connectivity index (χ3v) is 2.84. The van der Waals surface area contributed by atoms with Crippen LogP contribution in [0.2, 0.25) is 0 Å². The minimum absolute atomic E-state index is 0.178. The van der Waals surface area contributed by atoms with Gasteiger partial charge in [-0.3, -0.25) is 4.79 Å². The fourth-order valence-electron chi connectivity index (χ4n) is 1.98. The number of carbonyl (C=O) groups excluding carboxylic acids is 1. The highest BCUT2D eigenvalue weighted by Crippen LogP contribution is 2.36. The lowest BCUT2D eigenvalue weighted by molar-refractivity contribution is -0.141. The standard InChI is InChI=1S/C12H15NO3/c1-15-12(14)6-8-4-5-16-11-7-9(13)2-3-10(8)11/h2-3,7-8H,4-6,13H2,1H3. The van der Waals surface area contributed by atoms with Gasteiger partial charge in [-0.15, -0.1) is 0 Å². The molecule has 1 aliphatic heterocycles. The highest BCUT2D eigenvalue weighted by molar-refractivity contribution is 5.71. The van der Waals surface area contributed by atoms with Crippen molar-refractivity contribution in [2.75, 3.05) is 19.5 Å². The van der Waals surface area contributed by atoms with Gasteiger partial charge < -0.3 is 15.2 Å². The Bertz CT molecular complexity index is 403. The van der Waals surface area contributed by atoms with E-state index in [-0.39, 0.29) is 11.9 Å². The number of rotatable bonds is 2. The van der Waals surface area contributed by atoms with Crippen molar-refractivity contribution < 1.29 is 14.3 Å². The third kappa shape index (κ3) is 2.10. The molecule has 0 aliphatic carbocycles. The van der Waals surface area contributed by atoms with Crippen molar-refractivity contribution in [1.82, 2.24) is 0 Å². The number of fused-ring (bicyclic) bond motifs is 1. The van der Waals surface area contributed by atoms with Crippen molar-refractivity contribution >= 4 is 11.7 Å². The molecule has 4 nitrogen and oxygen atoms in total. The molecule has 0 spiro atoms. The van der Waals surface area contributed by atoms with Crippen molar-refractivity contribution in [2.45, 2.75) is 18.8 Å². The average Bonchev–Trinajstić information content (AvgIpc) is 2.28. The quantitative estimate of drug-likeness (QED) is 0.610. The van der Waals surface area contributed by atoms with Crippen molar-refractivity contribution in [3.63, 3.8) is 0 Å². The van der Waals surface area contributed by atoms with Gasteiger partial charge in [-0.25, -0.2) is 0 Å². The molecule has 4 heteroatoms. The van der Waals surface area contributed by atoms with E-state index in [1.807, 2.05) is 12.1 Å². The van der Waals surface area contributed by atoms with E-state index in [9.17, 15) is 4.79 Å². The van der Waals surface area contributed by atoms with Crippen molar-refractivity contribution in [3.8, 4) is 5.75 Å². The summed E-state index contributed by atoms with van der Waals surface area (Å²) in [5.74, 6) is 0.784. The van der Waals surface area contributed by atoms with Crippen LogP contribution in [-0.2, 0) is 9.53 Å². The highest BCUT2D eigenvalue weighted by atomic mass is 16.5. The molecule has 0 radical (unpaired) electrons. The van der Waals surface area contributed by atoms with Crippen LogP contribution >= 0.6 is 0 Å². The number of hydrogen-bond donors (Lipinski definition) is 1. The first-order valence-electron chi connectivity index (χ1n) is 5.29. The van der Waals surface area contributed by atoms with Crippen LogP contribution in [0.15, 0.2) is 18.2 Å². The van der Waals surface area contributed by atoms with Gasteiger partial charge in [0.05, 0.1) is 20.1 Å². The van der Waals surface area contributed by atoms with Gasteiger partial charge in [-0.1, -0.05) is 6.07 Å². The Morgan fingerprint density at radius 1 is 1.62 bits per heavy atom. The van der Waals surface area contributed by atoms with Crippen LogP contribution in [0, 0.1) is 0 Å². The highest BCUT2D eigenvalue weighted by Gasteiger charge is 2.24. The van der Waals surface area contributed by atoms with Crippen molar-refractivity contribution in [2.24, 2.45) is 0 Å². The lowest BCUT2D eigenvalue weighted by Crippen LogP contribution is -2.17. The topological polar surface area (TPSA) is 61.5 Å². The van der Waals surface area contributed by atoms with Gasteiger partial charge in [0.15, 0.2) is 0 Å². The van der Waals surface area contributed by atoms with E-state index >= 15 is 0 Å². The second kappa shape index (κ2) is 4.43. The minimum Gasteiger partial charge on any atom is -0.493 e. The van der Waals surface area contributed by atoms with Crippen molar-refractivity contribution in [3.05, 3.63) is 23.8 Å². The number of ether oxygens (including phenoxy) is 2. The first-order chi connectivity index (χ1) is 7.70. The van der Waals surface area contributed by atoms with E-state index in [0.717, 1.165) is 17.7 Å². The van der Waals surface area contributed by atoms with E-state index in [0.29, 0.717) is 18.7 Å². The largest absolute Gasteiger partial charge is 0.493 e. The molecular weight excluding hydrogens is 206 g/mol. The molecular formula is C12H15NO3. The fraction of sp³-hybridized carbons (Fsp3) is 0.417. The van der Waals surface area contributed by atoms with Crippen LogP contribution in [0.3, 0.4) is 0 Å². The van der Waals surface area contributed by atoms with Gasteiger partial charge in [0.2, 0.25) is 0 Å². The number of nitrogen functional groups attached to an aromatic ring is 1. The van der Waals surface area contributed by atoms with Gasteiger partial charge in [0, 0.05) is 17.7 Å². The summed E-state index contributed by atoms with van der Waals surface area (Å²) < 4.78 is 10.2. The van der Waals surface area contributed by atoms with Crippen LogP contribution in [0.4, 0.5) is 5.69 Å². The molecule has 0 aromatic heterocycles. The number of hydrogen-bond acceptors (Lipinski definition) is 4. The van der Waals surface area contributed by atoms with Gasteiger partial charge in [-0.05, 0) is 18.1 Å². The molecule has 86 valence electrons. The van der Waals surface area contributed by atoms with E-state index in [1.165, 1.54) is 7.11 Å². The number of benzene rings is 1. The maximum absolute atomic E-state index is 11.3. The summed E-state index contributed by atoms with van der Waals surface area (Å²) >= 11 is 0. The normalized spacial score (nSPS) is 18.4. The average molecular weight is 221 g/mol. The van der Waals surface area contributed by atoms with Gasteiger partial charge >= 0.3 is 5.97 Å². The summed E-state index contributed by atoms with van der Waals surface area (Å²) in [5, 5.41) is 0. The number of nitrogens with two attached hydrogens (primary N) is 1. The summed E-state index contributed by atoms with van der Waals surface area (Å²) in [5.41, 5.74) is 7.41. The molecule has 1 aliphatic rings. The van der Waals surface area contributed by atoms with Gasteiger partial charge in [-0.2, -0.15) is 0 Å². The molecule has 1 atom stereocenters. The Morgan fingerprint density at radius 2 is 2.44 bits per heavy atom. The molecule has 16 heavy (non-hydrogen) atoms. The molecule has 2 N–H and O–H groups in total. The van der Waals surface area contributed by atoms with E-state index in [2.05, 4.69) is 4.74 Å². The zero-order valence-electron chi connectivity index (χ0n) is 9.23. The van der Waals surface area contributed by atoms with Crippen LogP contribution < -0.4 is 10.5 Å². The molecule has 0 saturated carbocycles. The van der Waals surface area contributed by atoms with Gasteiger partial charge in [0.25, 0.3) is 0 Å². The zero-order chi connectivity index (χ0) is 11.5. The maximum Gasteiger partial charge on any atom is 0.306 e. The fourth-order valence-corrected chi connectivity index (χ4v) is 1.98. The Hall–Kier alpha value is -1.71. The van der Waals surface area contributed by atoms with Crippen LogP contribution in [0.5, 0.6) is 5.75 Å². The lowest BCUT2D eigenvalue weighted by atomic mass is 9.90. The SMILES string of the molecule is COC(=O)CC1CCOc2cc(N)ccc21. The number of esters is 1. The van der Waals surface area contributed by atoms with E-state index in [4.69, 9.17) is 10.5 Å². The number of anilines is 1. The van der Waals surface area contributed by atoms with Crippen molar-refractivity contribution in [1.29, 1.82) is 0 Å². The smallest absolute Gasteiger partial charge is 0.306 e. The molecule has 2 rings (SSSR count). The molecule has 0 fully saturated rings. The molecule has 0 saturated heterocycles. The third-order valence-electron chi connectivity index (χ3n) is 2.84. The Labute approximate surface area is 94.3 Å². The summed E-state index contributed by atoms with van der Waals surface area (Å²) in [6.45, 7) is 0.623. The van der Waals surface area contributed by atoms with Crippen LogP contribution in [0.25, 0.3) is 0 Å². The summed E-state index contributed by atoms with van der Waals surface area (Å²) in [6.07, 6.45) is 1.24. The van der Waals surface area contributed by atoms with Crippen LogP contribution in [-0.4, -0.2) is 19.7 Å². The second-order valence-corrected chi connectivity index (χ2v) is 3.91. The predicted molar refractivity (Wildman–Crippen MR) is 60.3 cm³/mol. The second-order valence-electron chi connectivity index (χ2n) is 3.91. The molecule has 0 bridgehead atoms. The Kier molecular flexibility index (Phi) is 2.99. The zero-order valence-corrected chi connectivity index (χ0v) is 9.23. The summed E-state index contributed by atoms with van der Waals surface area (Å²) in [6, 6.07) is 5.56. The first-order valence-corrected chi connectivity index (χ1v) is 5.29. The van der Waals surface area contributed by atoms with Crippen LogP contribution in [0.1, 0.15) is 24.3 Å². The van der Waals surface area contributed by atoms with Gasteiger partial charge in [0.1, 0.15) is 5.75 Å². The summed E-state index contributed by atoms with van der Waals surface area (Å²) in [7, 11) is 1.41. The molecule has 1 heterocycles. The molecule has 1 aromatic rings. The summed E-state index contributed by atoms with van der Waals surface area (Å²) in [4.78, 5) is 11.3. The molecule has 0 amide bonds. The minimum atomic E-state index is -0.185. The Morgan fingerprint density at radius 3 is 3.19 bits per heavy atom.